The molecule has 2 aromatic heterocycles. The third-order valence-electron chi connectivity index (χ3n) is 7.52. The van der Waals surface area contributed by atoms with Crippen LogP contribution < -0.4 is 15.4 Å². The second kappa shape index (κ2) is 8.47. The molecule has 1 aromatic carbocycles. The number of anilines is 2. The number of hydrogen-bond acceptors (Lipinski definition) is 6. The van der Waals surface area contributed by atoms with Crippen LogP contribution in [0.5, 0.6) is 5.75 Å². The first kappa shape index (κ1) is 25.2. The average molecular weight is 560 g/mol. The summed E-state index contributed by atoms with van der Waals surface area (Å²) in [6.07, 6.45) is 0.530. The zero-order valence-corrected chi connectivity index (χ0v) is 21.3. The number of benzene rings is 1. The van der Waals surface area contributed by atoms with Crippen molar-refractivity contribution >= 4 is 45.8 Å². The molecule has 1 saturated carbocycles. The molecule has 0 unspecified atom stereocenters. The Morgan fingerprint density at radius 1 is 1.26 bits per heavy atom. The molecule has 2 amide bonds. The fraction of sp³-hybridized carbons (Fsp3) is 0.308. The Bertz CT molecular complexity index is 1660. The summed E-state index contributed by atoms with van der Waals surface area (Å²) in [4.78, 5) is 48.1. The highest BCUT2D eigenvalue weighted by Gasteiger charge is 2.60. The Balaban J connectivity index is 1.65. The number of aromatic nitrogens is 2. The zero-order valence-electron chi connectivity index (χ0n) is 20.5. The predicted octanol–water partition coefficient (Wildman–Crippen LogP) is 3.32. The minimum Gasteiger partial charge on any atom is -0.507 e. The van der Waals surface area contributed by atoms with E-state index >= 15 is 0 Å². The molecule has 202 valence electrons. The summed E-state index contributed by atoms with van der Waals surface area (Å²) in [7, 11) is 1.37. The van der Waals surface area contributed by atoms with E-state index in [-0.39, 0.29) is 64.2 Å². The lowest BCUT2D eigenvalue weighted by Gasteiger charge is -2.47. The summed E-state index contributed by atoms with van der Waals surface area (Å²) in [5.74, 6) is -5.35. The van der Waals surface area contributed by atoms with Crippen LogP contribution in [0.1, 0.15) is 12.5 Å². The molecule has 4 heterocycles. The largest absolute Gasteiger partial charge is 0.507 e. The van der Waals surface area contributed by atoms with E-state index in [1.54, 1.807) is 4.90 Å². The number of aromatic hydroxyl groups is 1. The van der Waals surface area contributed by atoms with Gasteiger partial charge in [-0.25, -0.2) is 18.2 Å². The van der Waals surface area contributed by atoms with Gasteiger partial charge in [0.25, 0.3) is 17.4 Å². The van der Waals surface area contributed by atoms with Crippen molar-refractivity contribution < 1.29 is 27.9 Å². The molecule has 0 spiro atoms. The SMILES string of the molecule is C=CC(=O)N1CCN2c3c(c(=O)n([C@H]4CC4(F)F)c4nc(-c5c(O)cccc5F)c(Cl)cc34)N(C)C(=O)[C@H]2C1. The number of phenolic OH excluding ortho intramolecular Hbond substituents is 1. The Morgan fingerprint density at radius 3 is 2.62 bits per heavy atom. The van der Waals surface area contributed by atoms with Crippen LogP contribution in [0.3, 0.4) is 0 Å². The predicted molar refractivity (Wildman–Crippen MR) is 138 cm³/mol. The number of carbonyl (C=O) groups excluding carboxylic acids is 2. The van der Waals surface area contributed by atoms with E-state index < -0.39 is 47.5 Å². The van der Waals surface area contributed by atoms with Gasteiger partial charge in [0.15, 0.2) is 0 Å². The van der Waals surface area contributed by atoms with Gasteiger partial charge in [-0.15, -0.1) is 0 Å². The first-order chi connectivity index (χ1) is 18.5. The number of rotatable bonds is 3. The zero-order chi connectivity index (χ0) is 28.0. The number of hydrogen-bond donors (Lipinski definition) is 1. The normalized spacial score (nSPS) is 21.6. The van der Waals surface area contributed by atoms with Crippen LogP contribution in [0.4, 0.5) is 24.5 Å². The Kier molecular flexibility index (Phi) is 5.48. The van der Waals surface area contributed by atoms with Crippen molar-refractivity contribution in [1.29, 1.82) is 0 Å². The van der Waals surface area contributed by atoms with E-state index in [0.717, 1.165) is 21.6 Å². The fourth-order valence-electron chi connectivity index (χ4n) is 5.48. The molecular formula is C26H21ClF3N5O4. The van der Waals surface area contributed by atoms with Gasteiger partial charge in [-0.05, 0) is 24.3 Å². The quantitative estimate of drug-likeness (QED) is 0.494. The van der Waals surface area contributed by atoms with Gasteiger partial charge in [-0.1, -0.05) is 24.2 Å². The highest BCUT2D eigenvalue weighted by atomic mass is 35.5. The Morgan fingerprint density at radius 2 is 1.97 bits per heavy atom. The number of nitrogens with zero attached hydrogens (tertiary/aromatic N) is 5. The molecule has 1 saturated heterocycles. The summed E-state index contributed by atoms with van der Waals surface area (Å²) < 4.78 is 44.4. The van der Waals surface area contributed by atoms with Crippen molar-refractivity contribution in [2.24, 2.45) is 0 Å². The number of pyridine rings is 2. The second-order valence-electron chi connectivity index (χ2n) is 9.77. The van der Waals surface area contributed by atoms with Gasteiger partial charge in [0.2, 0.25) is 5.91 Å². The molecule has 3 aromatic rings. The number of phenols is 1. The summed E-state index contributed by atoms with van der Waals surface area (Å²) in [6.45, 7) is 3.87. The first-order valence-electron chi connectivity index (χ1n) is 12.1. The number of amides is 2. The van der Waals surface area contributed by atoms with Gasteiger partial charge >= 0.3 is 0 Å². The van der Waals surface area contributed by atoms with Crippen molar-refractivity contribution in [3.05, 3.63) is 58.1 Å². The van der Waals surface area contributed by atoms with Crippen LogP contribution >= 0.6 is 11.6 Å². The lowest BCUT2D eigenvalue weighted by Crippen LogP contribution is -2.63. The number of carbonyl (C=O) groups is 2. The van der Waals surface area contributed by atoms with Crippen LogP contribution in [0.25, 0.3) is 22.3 Å². The van der Waals surface area contributed by atoms with Crippen molar-refractivity contribution in [3.8, 4) is 17.0 Å². The Hall–Kier alpha value is -4.06. The Labute approximate surface area is 224 Å². The number of alkyl halides is 2. The van der Waals surface area contributed by atoms with Gasteiger partial charge in [0.1, 0.15) is 35.0 Å². The van der Waals surface area contributed by atoms with Crippen LogP contribution in [0.15, 0.2) is 41.7 Å². The highest BCUT2D eigenvalue weighted by Crippen LogP contribution is 2.54. The number of halogens is 4. The lowest BCUT2D eigenvalue weighted by atomic mass is 10.0. The molecule has 2 fully saturated rings. The van der Waals surface area contributed by atoms with Gasteiger partial charge in [-0.2, -0.15) is 0 Å². The molecule has 1 aliphatic carbocycles. The number of fused-ring (bicyclic) bond motifs is 5. The van der Waals surface area contributed by atoms with E-state index in [0.29, 0.717) is 0 Å². The topological polar surface area (TPSA) is 99.0 Å². The summed E-state index contributed by atoms with van der Waals surface area (Å²) in [6, 6.07) is 2.57. The van der Waals surface area contributed by atoms with Gasteiger partial charge < -0.3 is 19.8 Å². The smallest absolute Gasteiger partial charge is 0.278 e. The van der Waals surface area contributed by atoms with E-state index in [9.17, 15) is 32.7 Å². The molecule has 2 aliphatic heterocycles. The minimum atomic E-state index is -3.19. The van der Waals surface area contributed by atoms with Gasteiger partial charge in [0.05, 0.1) is 28.5 Å². The van der Waals surface area contributed by atoms with Crippen LogP contribution in [0.2, 0.25) is 5.02 Å². The third kappa shape index (κ3) is 3.61. The minimum absolute atomic E-state index is 0.0150. The third-order valence-corrected chi connectivity index (χ3v) is 7.81. The highest BCUT2D eigenvalue weighted by molar-refractivity contribution is 6.34. The van der Waals surface area contributed by atoms with Crippen molar-refractivity contribution in [3.63, 3.8) is 0 Å². The van der Waals surface area contributed by atoms with Crippen LogP contribution in [-0.2, 0) is 9.59 Å². The monoisotopic (exact) mass is 559 g/mol. The second-order valence-corrected chi connectivity index (χ2v) is 10.2. The van der Waals surface area contributed by atoms with Crippen molar-refractivity contribution in [1.82, 2.24) is 14.5 Å². The molecule has 39 heavy (non-hydrogen) atoms. The molecule has 1 N–H and O–H groups in total. The van der Waals surface area contributed by atoms with Crippen molar-refractivity contribution in [2.45, 2.75) is 24.4 Å². The number of likely N-dealkylation sites (N-methyl/N-ethyl adjacent to an activating group) is 1. The summed E-state index contributed by atoms with van der Waals surface area (Å²) >= 11 is 6.55. The molecule has 2 atom stereocenters. The van der Waals surface area contributed by atoms with E-state index in [4.69, 9.17) is 11.6 Å². The molecule has 13 heteroatoms. The first-order valence-corrected chi connectivity index (χ1v) is 12.4. The van der Waals surface area contributed by atoms with Crippen molar-refractivity contribution in [2.75, 3.05) is 36.5 Å². The molecule has 0 radical (unpaired) electrons. The summed E-state index contributed by atoms with van der Waals surface area (Å²) in [5, 5.41) is 10.4. The van der Waals surface area contributed by atoms with Gasteiger partial charge in [-0.3, -0.25) is 19.0 Å². The fourth-order valence-corrected chi connectivity index (χ4v) is 5.73. The van der Waals surface area contributed by atoms with E-state index in [1.807, 2.05) is 0 Å². The maximum absolute atomic E-state index is 14.8. The molecule has 6 rings (SSSR count). The standard InChI is InChI=1S/C26H21ClF3N5O4/c1-3-18(37)33-7-8-34-15(11-33)24(38)32(2)22-21(34)12-9-13(27)20(19-14(28)5-4-6-16(19)36)31-23(12)35(25(22)39)17-10-26(17,29)30/h3-6,9,15,17,36H,1,7-8,10-11H2,2H3/t15-,17+/m1/s1. The lowest BCUT2D eigenvalue weighted by molar-refractivity contribution is -0.128. The summed E-state index contributed by atoms with van der Waals surface area (Å²) in [5.41, 5.74) is -1.48. The van der Waals surface area contributed by atoms with Gasteiger partial charge in [0, 0.05) is 31.9 Å². The van der Waals surface area contributed by atoms with Crippen LogP contribution in [0, 0.1) is 5.82 Å². The van der Waals surface area contributed by atoms with Crippen LogP contribution in [-0.4, -0.2) is 70.0 Å². The number of piperazine rings is 1. The average Bonchev–Trinajstić information content (AvgIpc) is 3.53. The molecular weight excluding hydrogens is 539 g/mol. The molecule has 9 nitrogen and oxygen atoms in total. The maximum Gasteiger partial charge on any atom is 0.278 e. The van der Waals surface area contributed by atoms with E-state index in [2.05, 4.69) is 11.6 Å². The molecule has 0 bridgehead atoms. The van der Waals surface area contributed by atoms with E-state index in [1.165, 1.54) is 30.1 Å². The molecule has 3 aliphatic rings. The maximum atomic E-state index is 14.8.